The second kappa shape index (κ2) is 6.13. The van der Waals surface area contributed by atoms with Crippen LogP contribution in [0, 0.1) is 18.3 Å². The molecule has 0 atom stereocenters. The van der Waals surface area contributed by atoms with E-state index in [-0.39, 0.29) is 20.5 Å². The largest absolute Gasteiger partial charge is 0.465 e. The van der Waals surface area contributed by atoms with Crippen LogP contribution in [0.4, 0.5) is 5.13 Å². The second-order valence-corrected chi connectivity index (χ2v) is 6.85. The topological polar surface area (TPSA) is 109 Å². The summed E-state index contributed by atoms with van der Waals surface area (Å²) in [6.07, 6.45) is 0. The molecule has 1 heterocycles. The lowest BCUT2D eigenvalue weighted by Gasteiger charge is -2.04. The first-order valence-corrected chi connectivity index (χ1v) is 8.26. The maximum absolute atomic E-state index is 12.3. The molecule has 0 fully saturated rings. The molecule has 0 bridgehead atoms. The number of carbonyl (C=O) groups is 1. The molecule has 114 valence electrons. The van der Waals surface area contributed by atoms with E-state index < -0.39 is 16.0 Å². The summed E-state index contributed by atoms with van der Waals surface area (Å²) < 4.78 is 31.4. The number of benzene rings is 1. The van der Waals surface area contributed by atoms with Crippen LogP contribution in [-0.2, 0) is 14.8 Å². The predicted octanol–water partition coefficient (Wildman–Crippen LogP) is 1.91. The highest BCUT2D eigenvalue weighted by Gasteiger charge is 2.20. The van der Waals surface area contributed by atoms with E-state index >= 15 is 0 Å². The monoisotopic (exact) mass is 337 g/mol. The lowest BCUT2D eigenvalue weighted by atomic mass is 10.2. The molecule has 1 aromatic carbocycles. The smallest absolute Gasteiger partial charge is 0.350 e. The summed E-state index contributed by atoms with van der Waals surface area (Å²) in [5.74, 6) is -0.577. The van der Waals surface area contributed by atoms with Gasteiger partial charge in [0.25, 0.3) is 10.0 Å². The average molecular weight is 337 g/mol. The molecule has 7 nitrogen and oxygen atoms in total. The quantitative estimate of drug-likeness (QED) is 0.854. The van der Waals surface area contributed by atoms with Crippen LogP contribution in [0.15, 0.2) is 29.2 Å². The number of hydrogen-bond donors (Lipinski definition) is 1. The zero-order valence-electron chi connectivity index (χ0n) is 11.7. The zero-order chi connectivity index (χ0) is 16.3. The molecular weight excluding hydrogens is 326 g/mol. The van der Waals surface area contributed by atoms with Crippen LogP contribution in [0.3, 0.4) is 0 Å². The molecule has 9 heteroatoms. The first-order chi connectivity index (χ1) is 10.4. The first-order valence-electron chi connectivity index (χ1n) is 5.96. The average Bonchev–Trinajstić information content (AvgIpc) is 2.86. The number of anilines is 1. The minimum Gasteiger partial charge on any atom is -0.465 e. The number of nitrogens with zero attached hydrogens (tertiary/aromatic N) is 2. The molecule has 0 amide bonds. The van der Waals surface area contributed by atoms with E-state index in [1.807, 2.05) is 6.07 Å². The van der Waals surface area contributed by atoms with E-state index in [4.69, 9.17) is 5.26 Å². The number of hydrogen-bond acceptors (Lipinski definition) is 7. The van der Waals surface area contributed by atoms with E-state index in [0.29, 0.717) is 5.69 Å². The molecule has 1 aromatic heterocycles. The molecule has 0 aliphatic carbocycles. The zero-order valence-corrected chi connectivity index (χ0v) is 13.3. The fraction of sp³-hybridized carbons (Fsp3) is 0.154. The maximum atomic E-state index is 12.3. The third-order valence-electron chi connectivity index (χ3n) is 2.66. The number of nitrogens with one attached hydrogen (secondary N) is 1. The fourth-order valence-corrected chi connectivity index (χ4v) is 3.79. The third-order valence-corrected chi connectivity index (χ3v) is 5.18. The number of thiazole rings is 1. The number of esters is 1. The van der Waals surface area contributed by atoms with Crippen LogP contribution in [0.5, 0.6) is 0 Å². The summed E-state index contributed by atoms with van der Waals surface area (Å²) in [6.45, 7) is 1.58. The molecule has 0 aliphatic rings. The second-order valence-electron chi connectivity index (χ2n) is 4.17. The molecular formula is C13H11N3O4S2. The van der Waals surface area contributed by atoms with Gasteiger partial charge in [-0.2, -0.15) is 5.26 Å². The van der Waals surface area contributed by atoms with E-state index in [0.717, 1.165) is 11.3 Å². The van der Waals surface area contributed by atoms with Gasteiger partial charge in [-0.1, -0.05) is 17.4 Å². The van der Waals surface area contributed by atoms with Crippen molar-refractivity contribution in [1.29, 1.82) is 5.26 Å². The van der Waals surface area contributed by atoms with Crippen LogP contribution >= 0.6 is 11.3 Å². The van der Waals surface area contributed by atoms with Gasteiger partial charge < -0.3 is 4.74 Å². The number of carbonyl (C=O) groups excluding carboxylic acids is 1. The molecule has 1 N–H and O–H groups in total. The van der Waals surface area contributed by atoms with Crippen LogP contribution in [0.2, 0.25) is 0 Å². The Bertz CT molecular complexity index is 866. The highest BCUT2D eigenvalue weighted by molar-refractivity contribution is 7.93. The van der Waals surface area contributed by atoms with Gasteiger partial charge in [-0.3, -0.25) is 4.72 Å². The fourth-order valence-electron chi connectivity index (χ4n) is 1.63. The molecule has 2 rings (SSSR count). The number of sulfonamides is 1. The predicted molar refractivity (Wildman–Crippen MR) is 80.2 cm³/mol. The number of ether oxygens (including phenoxy) is 1. The number of rotatable bonds is 4. The Hall–Kier alpha value is -2.44. The van der Waals surface area contributed by atoms with E-state index in [2.05, 4.69) is 14.4 Å². The minimum atomic E-state index is -3.89. The summed E-state index contributed by atoms with van der Waals surface area (Å²) in [5.41, 5.74) is 0.605. The van der Waals surface area contributed by atoms with Gasteiger partial charge in [0, 0.05) is 0 Å². The van der Waals surface area contributed by atoms with Crippen molar-refractivity contribution in [1.82, 2.24) is 4.98 Å². The van der Waals surface area contributed by atoms with Crippen LogP contribution in [-0.4, -0.2) is 26.5 Å². The number of nitriles is 1. The Balaban J connectivity index is 2.33. The van der Waals surface area contributed by atoms with Crippen molar-refractivity contribution in [3.8, 4) is 6.07 Å². The molecule has 2 aromatic rings. The van der Waals surface area contributed by atoms with Gasteiger partial charge in [-0.05, 0) is 25.1 Å². The lowest BCUT2D eigenvalue weighted by molar-refractivity contribution is 0.0605. The standard InChI is InChI=1S/C13H11N3O4S2/c1-8-11(12(17)20-2)21-13(15-8)16-22(18,19)10-5-3-4-9(6-10)7-14/h3-6H,1-2H3,(H,15,16). The normalized spacial score (nSPS) is 10.8. The highest BCUT2D eigenvalue weighted by atomic mass is 32.2. The summed E-state index contributed by atoms with van der Waals surface area (Å²) in [7, 11) is -2.65. The SMILES string of the molecule is COC(=O)c1sc(NS(=O)(=O)c2cccc(C#N)c2)nc1C. The van der Waals surface area contributed by atoms with E-state index in [9.17, 15) is 13.2 Å². The van der Waals surface area contributed by atoms with Gasteiger partial charge in [-0.15, -0.1) is 0 Å². The Morgan fingerprint density at radius 3 is 2.82 bits per heavy atom. The van der Waals surface area contributed by atoms with Crippen molar-refractivity contribution in [2.24, 2.45) is 0 Å². The highest BCUT2D eigenvalue weighted by Crippen LogP contribution is 2.25. The van der Waals surface area contributed by atoms with Crippen molar-refractivity contribution in [2.75, 3.05) is 11.8 Å². The van der Waals surface area contributed by atoms with E-state index in [1.165, 1.54) is 31.4 Å². The molecule has 0 unspecified atom stereocenters. The minimum absolute atomic E-state index is 0.0558. The van der Waals surface area contributed by atoms with Crippen molar-refractivity contribution >= 4 is 32.5 Å². The summed E-state index contributed by atoms with van der Waals surface area (Å²) in [6, 6.07) is 7.47. The Morgan fingerprint density at radius 1 is 1.45 bits per heavy atom. The molecule has 0 saturated heterocycles. The Kier molecular flexibility index (Phi) is 4.44. The van der Waals surface area contributed by atoms with Gasteiger partial charge in [-0.25, -0.2) is 18.2 Å². The summed E-state index contributed by atoms with van der Waals surface area (Å²) in [4.78, 5) is 15.7. The van der Waals surface area contributed by atoms with Gasteiger partial charge in [0.1, 0.15) is 4.88 Å². The van der Waals surface area contributed by atoms with Gasteiger partial charge in [0.15, 0.2) is 5.13 Å². The van der Waals surface area contributed by atoms with Gasteiger partial charge >= 0.3 is 5.97 Å². The molecule has 0 aliphatic heterocycles. The molecule has 0 saturated carbocycles. The summed E-state index contributed by atoms with van der Waals surface area (Å²) in [5, 5.41) is 8.87. The Morgan fingerprint density at radius 2 is 2.18 bits per heavy atom. The van der Waals surface area contributed by atoms with Crippen LogP contribution < -0.4 is 4.72 Å². The molecule has 22 heavy (non-hydrogen) atoms. The molecule has 0 spiro atoms. The number of methoxy groups -OCH3 is 1. The lowest BCUT2D eigenvalue weighted by Crippen LogP contribution is -2.12. The van der Waals surface area contributed by atoms with Crippen LogP contribution in [0.25, 0.3) is 0 Å². The number of aromatic nitrogens is 1. The number of aryl methyl sites for hydroxylation is 1. The van der Waals surface area contributed by atoms with Crippen molar-refractivity contribution in [3.63, 3.8) is 0 Å². The molecule has 0 radical (unpaired) electrons. The Labute approximate surface area is 131 Å². The first kappa shape index (κ1) is 15.9. The third kappa shape index (κ3) is 3.24. The van der Waals surface area contributed by atoms with E-state index in [1.54, 1.807) is 6.92 Å². The van der Waals surface area contributed by atoms with Crippen LogP contribution in [0.1, 0.15) is 20.9 Å². The van der Waals surface area contributed by atoms with Crippen molar-refractivity contribution in [3.05, 3.63) is 40.4 Å². The van der Waals surface area contributed by atoms with Gasteiger partial charge in [0.05, 0.1) is 29.3 Å². The van der Waals surface area contributed by atoms with Crippen molar-refractivity contribution < 1.29 is 17.9 Å². The van der Waals surface area contributed by atoms with Gasteiger partial charge in [0.2, 0.25) is 0 Å². The summed E-state index contributed by atoms with van der Waals surface area (Å²) >= 11 is 0.883. The van der Waals surface area contributed by atoms with Crippen molar-refractivity contribution in [2.45, 2.75) is 11.8 Å². The maximum Gasteiger partial charge on any atom is 0.350 e.